The first-order valence-electron chi connectivity index (χ1n) is 6.17. The van der Waals surface area contributed by atoms with Crippen LogP contribution in [0.3, 0.4) is 0 Å². The predicted molar refractivity (Wildman–Crippen MR) is 97.9 cm³/mol. The molecule has 6 heteroatoms. The van der Waals surface area contributed by atoms with Gasteiger partial charge in [0, 0.05) is 19.5 Å². The van der Waals surface area contributed by atoms with Gasteiger partial charge < -0.3 is 0 Å². The molecule has 0 spiro atoms. The van der Waals surface area contributed by atoms with Gasteiger partial charge in [-0.05, 0) is 58.4 Å². The van der Waals surface area contributed by atoms with Crippen LogP contribution in [-0.4, -0.2) is 0 Å². The van der Waals surface area contributed by atoms with Gasteiger partial charge in [-0.1, -0.05) is 0 Å². The topological polar surface area (TPSA) is 47.6 Å². The van der Waals surface area contributed by atoms with Crippen LogP contribution in [0.2, 0.25) is 0 Å². The third kappa shape index (κ3) is 3.21. The maximum absolute atomic E-state index is 9.36. The highest BCUT2D eigenvalue weighted by molar-refractivity contribution is 9.11. The lowest BCUT2D eigenvalue weighted by Gasteiger charge is -1.92. The van der Waals surface area contributed by atoms with E-state index >= 15 is 0 Å². The quantitative estimate of drug-likeness (QED) is 0.486. The molecule has 106 valence electrons. The van der Waals surface area contributed by atoms with Gasteiger partial charge in [-0.25, -0.2) is 0 Å². The van der Waals surface area contributed by atoms with Gasteiger partial charge in [0.2, 0.25) is 0 Å². The second kappa shape index (κ2) is 6.60. The minimum absolute atomic E-state index is 0.590. The van der Waals surface area contributed by atoms with Crippen LogP contribution in [0.25, 0.3) is 21.4 Å². The van der Waals surface area contributed by atoms with E-state index in [0.29, 0.717) is 10.5 Å². The van der Waals surface area contributed by atoms with Crippen molar-refractivity contribution >= 4 is 61.6 Å². The summed E-state index contributed by atoms with van der Waals surface area (Å²) >= 11 is 8.15. The van der Waals surface area contributed by atoms with Crippen molar-refractivity contribution in [3.05, 3.63) is 54.8 Å². The Bertz CT molecular complexity index is 931. The lowest BCUT2D eigenvalue weighted by Crippen LogP contribution is -1.73. The number of rotatable bonds is 3. The molecule has 0 aliphatic carbocycles. The van der Waals surface area contributed by atoms with Gasteiger partial charge >= 0.3 is 0 Å². The van der Waals surface area contributed by atoms with Crippen LogP contribution in [0.5, 0.6) is 0 Å². The molecule has 0 saturated heterocycles. The van der Waals surface area contributed by atoms with Crippen molar-refractivity contribution in [2.24, 2.45) is 0 Å². The van der Waals surface area contributed by atoms with E-state index in [9.17, 15) is 5.26 Å². The molecule has 3 heterocycles. The molecule has 0 saturated carbocycles. The highest BCUT2D eigenvalue weighted by Gasteiger charge is 2.08. The Labute approximate surface area is 148 Å². The summed E-state index contributed by atoms with van der Waals surface area (Å²) in [5.41, 5.74) is 0.590. The minimum Gasteiger partial charge on any atom is -0.192 e. The fourth-order valence-electron chi connectivity index (χ4n) is 1.85. The van der Waals surface area contributed by atoms with Gasteiger partial charge in [0.15, 0.2) is 0 Å². The Morgan fingerprint density at radius 2 is 1.73 bits per heavy atom. The van der Waals surface area contributed by atoms with Crippen LogP contribution in [0.4, 0.5) is 0 Å². The first kappa shape index (κ1) is 15.2. The summed E-state index contributed by atoms with van der Waals surface area (Å²) in [5, 5.41) is 18.2. The van der Waals surface area contributed by atoms with Crippen LogP contribution in [-0.2, 0) is 0 Å². The van der Waals surface area contributed by atoms with E-state index in [1.54, 1.807) is 28.7 Å². The van der Waals surface area contributed by atoms with Crippen molar-refractivity contribution < 1.29 is 0 Å². The summed E-state index contributed by atoms with van der Waals surface area (Å²) in [4.78, 5) is 4.86. The highest BCUT2D eigenvalue weighted by Crippen LogP contribution is 2.37. The first-order valence-corrected chi connectivity index (χ1v) is 9.41. The second-order valence-electron chi connectivity index (χ2n) is 4.25. The van der Waals surface area contributed by atoms with Gasteiger partial charge in [-0.2, -0.15) is 10.5 Å². The highest BCUT2D eigenvalue weighted by atomic mass is 79.9. The van der Waals surface area contributed by atoms with Gasteiger partial charge in [0.1, 0.15) is 17.0 Å². The summed E-state index contributed by atoms with van der Waals surface area (Å²) in [6, 6.07) is 16.1. The van der Waals surface area contributed by atoms with Crippen molar-refractivity contribution in [1.29, 1.82) is 10.5 Å². The maximum Gasteiger partial charge on any atom is 0.110 e. The molecule has 0 aliphatic rings. The molecule has 0 N–H and O–H groups in total. The maximum atomic E-state index is 9.36. The normalized spacial score (nSPS) is 11.1. The molecule has 3 aromatic heterocycles. The van der Waals surface area contributed by atoms with Crippen molar-refractivity contribution in [1.82, 2.24) is 0 Å². The lowest BCUT2D eigenvalue weighted by atomic mass is 10.2. The molecule has 0 fully saturated rings. The molecule has 0 aromatic carbocycles. The average Bonchev–Trinajstić information content (AvgIpc) is 3.24. The van der Waals surface area contributed by atoms with E-state index in [2.05, 4.69) is 40.2 Å². The monoisotopic (exact) mass is 402 g/mol. The summed E-state index contributed by atoms with van der Waals surface area (Å²) in [6.45, 7) is 0. The van der Waals surface area contributed by atoms with E-state index < -0.39 is 0 Å². The second-order valence-corrected chi connectivity index (χ2v) is 8.91. The molecule has 0 radical (unpaired) electrons. The fourth-order valence-corrected chi connectivity index (χ4v) is 5.05. The van der Waals surface area contributed by atoms with Crippen molar-refractivity contribution in [2.75, 3.05) is 0 Å². The molecule has 2 nitrogen and oxygen atoms in total. The zero-order chi connectivity index (χ0) is 15.5. The van der Waals surface area contributed by atoms with Crippen LogP contribution in [0, 0.1) is 22.7 Å². The first-order chi connectivity index (χ1) is 10.7. The number of thiophene rings is 3. The van der Waals surface area contributed by atoms with E-state index in [1.165, 1.54) is 21.1 Å². The predicted octanol–water partition coefficient (Wildman–Crippen LogP) is 6.24. The Morgan fingerprint density at radius 1 is 0.955 bits per heavy atom. The van der Waals surface area contributed by atoms with E-state index in [4.69, 9.17) is 5.26 Å². The lowest BCUT2D eigenvalue weighted by molar-refractivity contribution is 1.52. The van der Waals surface area contributed by atoms with Gasteiger partial charge in [0.25, 0.3) is 0 Å². The average molecular weight is 403 g/mol. The van der Waals surface area contributed by atoms with Crippen LogP contribution in [0.15, 0.2) is 40.2 Å². The van der Waals surface area contributed by atoms with Gasteiger partial charge in [0.05, 0.1) is 9.36 Å². The summed E-state index contributed by atoms with van der Waals surface area (Å²) in [5.74, 6) is 0. The number of hydrogen-bond donors (Lipinski definition) is 0. The molecule has 3 rings (SSSR count). The largest absolute Gasteiger partial charge is 0.192 e. The van der Waals surface area contributed by atoms with Crippen molar-refractivity contribution in [3.8, 4) is 21.9 Å². The summed E-state index contributed by atoms with van der Waals surface area (Å²) in [6.07, 6.45) is 1.88. The number of allylic oxidation sites excluding steroid dienone is 1. The van der Waals surface area contributed by atoms with E-state index in [-0.39, 0.29) is 0 Å². The third-order valence-corrected chi connectivity index (χ3v) is 6.71. The number of hydrogen-bond acceptors (Lipinski definition) is 5. The standard InChI is InChI=1S/C16H7BrN2S3/c17-16-6-5-15(22-16)14-4-1-11(20-14)7-10(8-18)13-3-2-12(9-19)21-13/h1-7H. The van der Waals surface area contributed by atoms with Gasteiger partial charge in [-0.3, -0.25) is 0 Å². The minimum atomic E-state index is 0.590. The van der Waals surface area contributed by atoms with Crippen molar-refractivity contribution in [2.45, 2.75) is 0 Å². The summed E-state index contributed by atoms with van der Waals surface area (Å²) in [7, 11) is 0. The Morgan fingerprint density at radius 3 is 2.36 bits per heavy atom. The van der Waals surface area contributed by atoms with Crippen molar-refractivity contribution in [3.63, 3.8) is 0 Å². The Kier molecular flexibility index (Phi) is 4.56. The van der Waals surface area contributed by atoms with Crippen LogP contribution < -0.4 is 0 Å². The molecule has 0 bridgehead atoms. The molecule has 0 unspecified atom stereocenters. The smallest absolute Gasteiger partial charge is 0.110 e. The molecule has 0 aliphatic heterocycles. The zero-order valence-corrected chi connectivity index (χ0v) is 15.1. The molecule has 0 atom stereocenters. The fraction of sp³-hybridized carbons (Fsp3) is 0. The van der Waals surface area contributed by atoms with E-state index in [1.807, 2.05) is 24.3 Å². The molecule has 22 heavy (non-hydrogen) atoms. The third-order valence-electron chi connectivity index (χ3n) is 2.83. The zero-order valence-electron chi connectivity index (χ0n) is 11.0. The number of nitriles is 2. The van der Waals surface area contributed by atoms with Crippen LogP contribution >= 0.6 is 49.9 Å². The van der Waals surface area contributed by atoms with Gasteiger partial charge in [-0.15, -0.1) is 34.0 Å². The molecule has 0 amide bonds. The molecule has 3 aromatic rings. The van der Waals surface area contributed by atoms with E-state index in [0.717, 1.165) is 13.5 Å². The number of halogens is 1. The molecular formula is C16H7BrN2S3. The van der Waals surface area contributed by atoms with Crippen LogP contribution in [0.1, 0.15) is 14.6 Å². The number of nitrogens with zero attached hydrogens (tertiary/aromatic N) is 2. The Hall–Kier alpha value is -1.70. The molecular weight excluding hydrogens is 396 g/mol. The SMILES string of the molecule is N#CC(=Cc1ccc(-c2ccc(Br)s2)s1)c1ccc(C#N)s1. The summed E-state index contributed by atoms with van der Waals surface area (Å²) < 4.78 is 1.10. The Balaban J connectivity index is 1.92.